The molecule has 0 saturated heterocycles. The predicted molar refractivity (Wildman–Crippen MR) is 93.1 cm³/mol. The summed E-state index contributed by atoms with van der Waals surface area (Å²) < 4.78 is 0. The monoisotopic (exact) mass is 314 g/mol. The van der Waals surface area contributed by atoms with Gasteiger partial charge in [0.1, 0.15) is 0 Å². The van der Waals surface area contributed by atoms with Gasteiger partial charge in [-0.3, -0.25) is 9.59 Å². The van der Waals surface area contributed by atoms with Gasteiger partial charge in [-0.25, -0.2) is 0 Å². The molecule has 0 spiro atoms. The number of allylic oxidation sites excluding steroid dienone is 2. The highest BCUT2D eigenvalue weighted by molar-refractivity contribution is 5.96. The first-order chi connectivity index (χ1) is 11.1. The van der Waals surface area contributed by atoms with E-state index in [1.165, 1.54) is 0 Å². The van der Waals surface area contributed by atoms with E-state index in [-0.39, 0.29) is 23.7 Å². The van der Waals surface area contributed by atoms with E-state index in [0.29, 0.717) is 25.9 Å². The number of hydrogen-bond donors (Lipinski definition) is 1. The summed E-state index contributed by atoms with van der Waals surface area (Å²) in [6.45, 7) is 7.28. The molecule has 0 saturated carbocycles. The van der Waals surface area contributed by atoms with Crippen LogP contribution in [0.15, 0.2) is 36.4 Å². The minimum atomic E-state index is -0.298. The summed E-state index contributed by atoms with van der Waals surface area (Å²) in [6.07, 6.45) is 5.29. The van der Waals surface area contributed by atoms with Gasteiger partial charge in [-0.1, -0.05) is 30.4 Å². The summed E-state index contributed by atoms with van der Waals surface area (Å²) in [5, 5.41) is 3.00. The normalized spacial score (nSPS) is 20.1. The maximum atomic E-state index is 12.7. The quantitative estimate of drug-likeness (QED) is 0.847. The second kappa shape index (κ2) is 7.95. The number of carbonyl (C=O) groups is 2. The van der Waals surface area contributed by atoms with Crippen molar-refractivity contribution in [1.82, 2.24) is 4.90 Å². The first-order valence-corrected chi connectivity index (χ1v) is 8.38. The van der Waals surface area contributed by atoms with Crippen molar-refractivity contribution in [3.05, 3.63) is 42.0 Å². The van der Waals surface area contributed by atoms with Crippen LogP contribution >= 0.6 is 0 Å². The fourth-order valence-electron chi connectivity index (χ4n) is 3.09. The van der Waals surface area contributed by atoms with Crippen LogP contribution < -0.4 is 5.32 Å². The van der Waals surface area contributed by atoms with Gasteiger partial charge in [-0.05, 0) is 45.2 Å². The Bertz CT molecular complexity index is 591. The molecule has 4 heteroatoms. The van der Waals surface area contributed by atoms with Gasteiger partial charge in [0.15, 0.2) is 0 Å². The molecule has 4 nitrogen and oxygen atoms in total. The molecule has 0 heterocycles. The fraction of sp³-hybridized carbons (Fsp3) is 0.474. The van der Waals surface area contributed by atoms with Crippen LogP contribution in [0.1, 0.15) is 32.3 Å². The summed E-state index contributed by atoms with van der Waals surface area (Å²) in [5.41, 5.74) is 1.85. The lowest BCUT2D eigenvalue weighted by molar-refractivity contribution is -0.140. The number of anilines is 1. The van der Waals surface area contributed by atoms with Gasteiger partial charge in [0.2, 0.25) is 11.8 Å². The smallest absolute Gasteiger partial charge is 0.228 e. The van der Waals surface area contributed by atoms with Crippen LogP contribution in [0.25, 0.3) is 0 Å². The molecule has 1 aliphatic carbocycles. The van der Waals surface area contributed by atoms with Crippen LogP contribution in [0, 0.1) is 18.8 Å². The van der Waals surface area contributed by atoms with Gasteiger partial charge in [0.05, 0.1) is 11.8 Å². The number of nitrogens with one attached hydrogen (secondary N) is 1. The Morgan fingerprint density at radius 2 is 1.70 bits per heavy atom. The Morgan fingerprint density at radius 3 is 2.30 bits per heavy atom. The number of carbonyl (C=O) groups excluding carboxylic acids is 2. The zero-order chi connectivity index (χ0) is 16.8. The van der Waals surface area contributed by atoms with Crippen molar-refractivity contribution in [1.29, 1.82) is 0 Å². The maximum absolute atomic E-state index is 12.7. The van der Waals surface area contributed by atoms with Crippen molar-refractivity contribution in [2.75, 3.05) is 18.4 Å². The minimum absolute atomic E-state index is 0.0610. The third kappa shape index (κ3) is 4.01. The molecule has 124 valence electrons. The van der Waals surface area contributed by atoms with Crippen LogP contribution in [-0.4, -0.2) is 29.8 Å². The van der Waals surface area contributed by atoms with Crippen molar-refractivity contribution < 1.29 is 9.59 Å². The maximum Gasteiger partial charge on any atom is 0.228 e. The van der Waals surface area contributed by atoms with Crippen LogP contribution in [0.2, 0.25) is 0 Å². The van der Waals surface area contributed by atoms with Gasteiger partial charge < -0.3 is 10.2 Å². The van der Waals surface area contributed by atoms with Crippen LogP contribution in [-0.2, 0) is 9.59 Å². The molecule has 0 aromatic heterocycles. The molecule has 2 unspecified atom stereocenters. The average molecular weight is 314 g/mol. The summed E-state index contributed by atoms with van der Waals surface area (Å²) >= 11 is 0. The topological polar surface area (TPSA) is 49.4 Å². The summed E-state index contributed by atoms with van der Waals surface area (Å²) in [4.78, 5) is 27.2. The van der Waals surface area contributed by atoms with Crippen molar-refractivity contribution in [2.24, 2.45) is 11.8 Å². The molecule has 1 aromatic carbocycles. The van der Waals surface area contributed by atoms with Crippen molar-refractivity contribution in [3.8, 4) is 0 Å². The molecule has 23 heavy (non-hydrogen) atoms. The highest BCUT2D eigenvalue weighted by Gasteiger charge is 2.35. The molecule has 0 fully saturated rings. The Balaban J connectivity index is 2.15. The standard InChI is InChI=1S/C19H26N2O2/c1-4-21(5-2)19(23)16-12-8-7-11-15(16)18(22)20-17-13-9-6-10-14(17)3/h6-10,13,15-16H,4-5,11-12H2,1-3H3,(H,20,22). The molecule has 0 radical (unpaired) electrons. The Hall–Kier alpha value is -2.10. The van der Waals surface area contributed by atoms with Crippen molar-refractivity contribution >= 4 is 17.5 Å². The zero-order valence-corrected chi connectivity index (χ0v) is 14.2. The fourth-order valence-corrected chi connectivity index (χ4v) is 3.09. The second-order valence-electron chi connectivity index (χ2n) is 5.97. The first kappa shape index (κ1) is 17.3. The zero-order valence-electron chi connectivity index (χ0n) is 14.2. The molecule has 0 bridgehead atoms. The molecule has 2 atom stereocenters. The lowest BCUT2D eigenvalue weighted by atomic mass is 9.81. The first-order valence-electron chi connectivity index (χ1n) is 8.38. The molecular weight excluding hydrogens is 288 g/mol. The number of nitrogens with zero attached hydrogens (tertiary/aromatic N) is 1. The van der Waals surface area contributed by atoms with Gasteiger partial charge in [-0.15, -0.1) is 0 Å². The van der Waals surface area contributed by atoms with Crippen LogP contribution in [0.4, 0.5) is 5.69 Å². The predicted octanol–water partition coefficient (Wildman–Crippen LogP) is 3.38. The Labute approximate surface area is 138 Å². The van der Waals surface area contributed by atoms with Crippen molar-refractivity contribution in [2.45, 2.75) is 33.6 Å². The number of aryl methyl sites for hydroxylation is 1. The molecule has 2 rings (SSSR count). The van der Waals surface area contributed by atoms with E-state index in [1.54, 1.807) is 0 Å². The molecule has 0 aliphatic heterocycles. The van der Waals surface area contributed by atoms with E-state index in [4.69, 9.17) is 0 Å². The molecule has 1 aliphatic rings. The molecule has 1 N–H and O–H groups in total. The molecular formula is C19H26N2O2. The highest BCUT2D eigenvalue weighted by Crippen LogP contribution is 2.29. The van der Waals surface area contributed by atoms with E-state index >= 15 is 0 Å². The van der Waals surface area contributed by atoms with E-state index in [1.807, 2.05) is 62.1 Å². The number of hydrogen-bond acceptors (Lipinski definition) is 2. The highest BCUT2D eigenvalue weighted by atomic mass is 16.2. The lowest BCUT2D eigenvalue weighted by Gasteiger charge is -2.31. The number of rotatable bonds is 5. The summed E-state index contributed by atoms with van der Waals surface area (Å²) in [5.74, 6) is -0.532. The summed E-state index contributed by atoms with van der Waals surface area (Å²) in [6, 6.07) is 7.71. The number of para-hydroxylation sites is 1. The third-order valence-corrected chi connectivity index (χ3v) is 4.56. The SMILES string of the molecule is CCN(CC)C(=O)C1CC=CCC1C(=O)Nc1ccccc1C. The van der Waals surface area contributed by atoms with Gasteiger partial charge in [-0.2, -0.15) is 0 Å². The van der Waals surface area contributed by atoms with E-state index < -0.39 is 0 Å². The van der Waals surface area contributed by atoms with Crippen LogP contribution in [0.5, 0.6) is 0 Å². The summed E-state index contributed by atoms with van der Waals surface area (Å²) in [7, 11) is 0. The van der Waals surface area contributed by atoms with E-state index in [9.17, 15) is 9.59 Å². The Kier molecular flexibility index (Phi) is 5.97. The average Bonchev–Trinajstić information content (AvgIpc) is 2.58. The van der Waals surface area contributed by atoms with E-state index in [2.05, 4.69) is 5.32 Å². The molecule has 1 aromatic rings. The second-order valence-corrected chi connectivity index (χ2v) is 5.97. The third-order valence-electron chi connectivity index (χ3n) is 4.56. The molecule has 2 amide bonds. The van der Waals surface area contributed by atoms with Crippen molar-refractivity contribution in [3.63, 3.8) is 0 Å². The lowest BCUT2D eigenvalue weighted by Crippen LogP contribution is -2.43. The van der Waals surface area contributed by atoms with Crippen LogP contribution in [0.3, 0.4) is 0 Å². The minimum Gasteiger partial charge on any atom is -0.343 e. The Morgan fingerprint density at radius 1 is 1.09 bits per heavy atom. The van der Waals surface area contributed by atoms with Gasteiger partial charge >= 0.3 is 0 Å². The number of amides is 2. The number of benzene rings is 1. The van der Waals surface area contributed by atoms with Gasteiger partial charge in [0, 0.05) is 18.8 Å². The largest absolute Gasteiger partial charge is 0.343 e. The van der Waals surface area contributed by atoms with Gasteiger partial charge in [0.25, 0.3) is 0 Å². The van der Waals surface area contributed by atoms with E-state index in [0.717, 1.165) is 11.3 Å².